The number of carbonyl (C=O) groups excluding carboxylic acids is 2. The number of hydrogen-bond donors (Lipinski definition) is 3. The van der Waals surface area contributed by atoms with Gasteiger partial charge in [-0.05, 0) is 49.9 Å². The first-order chi connectivity index (χ1) is 15.9. The third-order valence-electron chi connectivity index (χ3n) is 6.43. The largest absolute Gasteiger partial charge is 0.382 e. The summed E-state index contributed by atoms with van der Waals surface area (Å²) in [5.41, 5.74) is 5.82. The van der Waals surface area contributed by atoms with E-state index in [1.165, 1.54) is 10.9 Å². The van der Waals surface area contributed by atoms with Crippen LogP contribution in [0.15, 0.2) is 30.5 Å². The van der Waals surface area contributed by atoms with Crippen LogP contribution in [-0.2, 0) is 10.3 Å². The highest BCUT2D eigenvalue weighted by Crippen LogP contribution is 2.41. The van der Waals surface area contributed by atoms with Crippen molar-refractivity contribution in [2.24, 2.45) is 11.7 Å². The van der Waals surface area contributed by atoms with Crippen LogP contribution in [0.5, 0.6) is 0 Å². The molecule has 33 heavy (non-hydrogen) atoms. The van der Waals surface area contributed by atoms with Crippen LogP contribution in [0, 0.1) is 29.6 Å². The zero-order chi connectivity index (χ0) is 23.6. The van der Waals surface area contributed by atoms with Gasteiger partial charge in [0.05, 0.1) is 12.5 Å². The Balaban J connectivity index is 1.55. The molecule has 0 aliphatic heterocycles. The topological polar surface area (TPSA) is 126 Å². The van der Waals surface area contributed by atoms with E-state index >= 15 is 4.39 Å². The van der Waals surface area contributed by atoms with E-state index < -0.39 is 17.6 Å². The predicted molar refractivity (Wildman–Crippen MR) is 121 cm³/mol. The molecule has 3 atom stereocenters. The molecule has 9 heteroatoms. The van der Waals surface area contributed by atoms with Crippen LogP contribution in [0.4, 0.5) is 15.9 Å². The number of nitrogens with two attached hydrogens (primary N) is 1. The first kappa shape index (κ1) is 22.3. The van der Waals surface area contributed by atoms with Gasteiger partial charge in [-0.1, -0.05) is 5.92 Å². The smallest absolute Gasteiger partial charge is 0.254 e. The van der Waals surface area contributed by atoms with E-state index in [0.29, 0.717) is 12.8 Å². The fraction of sp³-hybridized carbons (Fsp3) is 0.417. The minimum atomic E-state index is -1.42. The van der Waals surface area contributed by atoms with Crippen molar-refractivity contribution >= 4 is 23.3 Å². The van der Waals surface area contributed by atoms with Crippen molar-refractivity contribution < 1.29 is 14.0 Å². The monoisotopic (exact) mass is 448 g/mol. The fourth-order valence-corrected chi connectivity index (χ4v) is 4.31. The summed E-state index contributed by atoms with van der Waals surface area (Å²) in [5, 5.41) is 19.8. The molecule has 2 aromatic rings. The van der Waals surface area contributed by atoms with Gasteiger partial charge in [0.25, 0.3) is 5.91 Å². The first-order valence-corrected chi connectivity index (χ1v) is 10.9. The maximum Gasteiger partial charge on any atom is 0.254 e. The van der Waals surface area contributed by atoms with E-state index in [0.717, 1.165) is 24.1 Å². The highest BCUT2D eigenvalue weighted by Gasteiger charge is 2.47. The van der Waals surface area contributed by atoms with E-state index in [-0.39, 0.29) is 42.1 Å². The maximum atomic E-state index is 15.7. The normalized spacial score (nSPS) is 24.3. The van der Waals surface area contributed by atoms with Crippen LogP contribution in [0.1, 0.15) is 54.4 Å². The van der Waals surface area contributed by atoms with E-state index in [2.05, 4.69) is 27.7 Å². The second-order valence-corrected chi connectivity index (χ2v) is 8.71. The maximum absolute atomic E-state index is 15.7. The Hall–Kier alpha value is -3.85. The van der Waals surface area contributed by atoms with Crippen molar-refractivity contribution in [3.63, 3.8) is 0 Å². The van der Waals surface area contributed by atoms with Gasteiger partial charge >= 0.3 is 0 Å². The van der Waals surface area contributed by atoms with E-state index in [9.17, 15) is 14.9 Å². The van der Waals surface area contributed by atoms with Crippen molar-refractivity contribution in [1.29, 1.82) is 5.26 Å². The van der Waals surface area contributed by atoms with Crippen LogP contribution >= 0.6 is 0 Å². The van der Waals surface area contributed by atoms with Crippen molar-refractivity contribution in [3.8, 4) is 18.4 Å². The van der Waals surface area contributed by atoms with Gasteiger partial charge in [0.2, 0.25) is 5.91 Å². The van der Waals surface area contributed by atoms with Gasteiger partial charge in [0, 0.05) is 35.8 Å². The third kappa shape index (κ3) is 4.54. The number of nitrogens with zero attached hydrogens (tertiary/aromatic N) is 3. The Kier molecular flexibility index (Phi) is 6.06. The Morgan fingerprint density at radius 2 is 2.03 bits per heavy atom. The molecule has 4 rings (SSSR count). The summed E-state index contributed by atoms with van der Waals surface area (Å²) in [4.78, 5) is 24.2. The van der Waals surface area contributed by atoms with Crippen molar-refractivity contribution in [2.75, 3.05) is 10.6 Å². The van der Waals surface area contributed by atoms with Gasteiger partial charge in [-0.3, -0.25) is 14.3 Å². The second kappa shape index (κ2) is 8.95. The van der Waals surface area contributed by atoms with Gasteiger partial charge in [0.1, 0.15) is 17.3 Å². The summed E-state index contributed by atoms with van der Waals surface area (Å²) in [6.07, 6.45) is 7.79. The molecule has 0 spiro atoms. The Labute approximate surface area is 191 Å². The Bertz CT molecular complexity index is 1140. The minimum absolute atomic E-state index is 0.00219. The number of terminal acetylenes is 1. The van der Waals surface area contributed by atoms with Gasteiger partial charge < -0.3 is 16.4 Å². The van der Waals surface area contributed by atoms with Gasteiger partial charge in [-0.25, -0.2) is 4.39 Å². The number of hydrogen-bond acceptors (Lipinski definition) is 5. The Morgan fingerprint density at radius 3 is 2.61 bits per heavy atom. The van der Waals surface area contributed by atoms with E-state index in [1.807, 2.05) is 24.3 Å². The molecule has 2 fully saturated rings. The van der Waals surface area contributed by atoms with Gasteiger partial charge in [0.15, 0.2) is 5.82 Å². The molecule has 1 aromatic carbocycles. The first-order valence-electron chi connectivity index (χ1n) is 10.9. The SMILES string of the molecule is C#Cc1ccc(NC2CCC(CC#N)(n3cc(C(N)=O)c(NC(=O)C4CC4)n3)C(F)C2)cc1. The van der Waals surface area contributed by atoms with E-state index in [1.54, 1.807) is 0 Å². The molecule has 0 bridgehead atoms. The zero-order valence-electron chi connectivity index (χ0n) is 18.1. The molecule has 3 unspecified atom stereocenters. The van der Waals surface area contributed by atoms with Crippen LogP contribution in [0.25, 0.3) is 0 Å². The molecule has 0 radical (unpaired) electrons. The van der Waals surface area contributed by atoms with Crippen molar-refractivity contribution in [1.82, 2.24) is 9.78 Å². The standard InChI is InChI=1S/C24H25FN6O2/c1-2-15-3-7-17(8-4-15)28-18-9-10-24(11-12-26,20(25)13-18)31-14-19(21(27)32)22(30-31)29-23(33)16-5-6-16/h1,3-4,7-8,14,16,18,20,28H,5-6,9-11,13H2,(H2,27,32)(H,29,30,33). The molecule has 8 nitrogen and oxygen atoms in total. The predicted octanol–water partition coefficient (Wildman–Crippen LogP) is 2.92. The molecule has 2 aliphatic rings. The number of halogens is 1. The number of rotatable bonds is 7. The number of benzene rings is 1. The molecule has 2 aliphatic carbocycles. The lowest BCUT2D eigenvalue weighted by atomic mass is 9.76. The highest BCUT2D eigenvalue weighted by atomic mass is 19.1. The summed E-state index contributed by atoms with van der Waals surface area (Å²) in [6, 6.07) is 9.24. The summed E-state index contributed by atoms with van der Waals surface area (Å²) in [7, 11) is 0. The number of amides is 2. The van der Waals surface area contributed by atoms with E-state index in [4.69, 9.17) is 12.2 Å². The molecule has 2 amide bonds. The van der Waals surface area contributed by atoms with Gasteiger partial charge in [-0.2, -0.15) is 10.4 Å². The van der Waals surface area contributed by atoms with Gasteiger partial charge in [-0.15, -0.1) is 6.42 Å². The average molecular weight is 449 g/mol. The lowest BCUT2D eigenvalue weighted by molar-refractivity contribution is -0.117. The number of aromatic nitrogens is 2. The Morgan fingerprint density at radius 1 is 1.30 bits per heavy atom. The van der Waals surface area contributed by atoms with Crippen LogP contribution in [0.3, 0.4) is 0 Å². The second-order valence-electron chi connectivity index (χ2n) is 8.71. The molecule has 1 aromatic heterocycles. The summed E-state index contributed by atoms with van der Waals surface area (Å²) in [5.74, 6) is 1.45. The third-order valence-corrected chi connectivity index (χ3v) is 6.43. The molecule has 1 heterocycles. The number of nitrogens with one attached hydrogen (secondary N) is 2. The summed E-state index contributed by atoms with van der Waals surface area (Å²) >= 11 is 0. The lowest BCUT2D eigenvalue weighted by Gasteiger charge is -2.42. The number of carbonyl (C=O) groups is 2. The molecular formula is C24H25FN6O2. The molecular weight excluding hydrogens is 423 g/mol. The average Bonchev–Trinajstić information content (AvgIpc) is 3.56. The van der Waals surface area contributed by atoms with Crippen molar-refractivity contribution in [3.05, 3.63) is 41.6 Å². The number of anilines is 2. The highest BCUT2D eigenvalue weighted by molar-refractivity contribution is 6.02. The minimum Gasteiger partial charge on any atom is -0.382 e. The quantitative estimate of drug-likeness (QED) is 0.562. The van der Waals surface area contributed by atoms with Crippen LogP contribution < -0.4 is 16.4 Å². The van der Waals surface area contributed by atoms with Crippen molar-refractivity contribution in [2.45, 2.75) is 56.3 Å². The molecule has 0 saturated heterocycles. The number of nitriles is 1. The summed E-state index contributed by atoms with van der Waals surface area (Å²) < 4.78 is 17.0. The fourth-order valence-electron chi connectivity index (χ4n) is 4.31. The number of primary amides is 1. The molecule has 2 saturated carbocycles. The van der Waals surface area contributed by atoms with Crippen LogP contribution in [-0.4, -0.2) is 33.8 Å². The summed E-state index contributed by atoms with van der Waals surface area (Å²) in [6.45, 7) is 0. The zero-order valence-corrected chi connectivity index (χ0v) is 18.1. The molecule has 170 valence electrons. The molecule has 4 N–H and O–H groups in total. The number of alkyl halides is 1. The van der Waals surface area contributed by atoms with Crippen LogP contribution in [0.2, 0.25) is 0 Å². The lowest BCUT2D eigenvalue weighted by Crippen LogP contribution is -2.50.